The van der Waals surface area contributed by atoms with Crippen LogP contribution >= 0.6 is 0 Å². The van der Waals surface area contributed by atoms with E-state index in [0.717, 1.165) is 11.5 Å². The summed E-state index contributed by atoms with van der Waals surface area (Å²) in [5.41, 5.74) is 5.40. The number of carbonyl (C=O) groups is 1. The molecule has 0 aliphatic carbocycles. The van der Waals surface area contributed by atoms with Gasteiger partial charge in [0, 0.05) is 0 Å². The Morgan fingerprint density at radius 1 is 1.10 bits per heavy atom. The van der Waals surface area contributed by atoms with E-state index in [1.165, 1.54) is 0 Å². The van der Waals surface area contributed by atoms with Gasteiger partial charge in [0.2, 0.25) is 5.91 Å². The van der Waals surface area contributed by atoms with E-state index >= 15 is 0 Å². The third kappa shape index (κ3) is 3.55. The lowest BCUT2D eigenvalue weighted by atomic mass is 9.92. The summed E-state index contributed by atoms with van der Waals surface area (Å²) >= 11 is 0. The number of carbonyl (C=O) groups excluding carboxylic acids is 1. The molecule has 2 rings (SSSR count). The first-order chi connectivity index (χ1) is 10.1. The lowest BCUT2D eigenvalue weighted by Crippen LogP contribution is -2.54. The second-order valence-corrected chi connectivity index (χ2v) is 5.18. The van der Waals surface area contributed by atoms with E-state index in [1.54, 1.807) is 29.6 Å². The van der Waals surface area contributed by atoms with Crippen LogP contribution in [0, 0.1) is 0 Å². The van der Waals surface area contributed by atoms with Crippen molar-refractivity contribution in [3.63, 3.8) is 0 Å². The zero-order chi connectivity index (χ0) is 15.3. The molecule has 0 unspecified atom stereocenters. The zero-order valence-electron chi connectivity index (χ0n) is 12.5. The van der Waals surface area contributed by atoms with Gasteiger partial charge in [-0.05, 0) is 37.1 Å². The first kappa shape index (κ1) is 15.4. The van der Waals surface area contributed by atoms with Gasteiger partial charge in [0.05, 0.1) is 31.2 Å². The van der Waals surface area contributed by atoms with Crippen LogP contribution in [0.15, 0.2) is 45.6 Å². The molecule has 2 N–H and O–H groups in total. The normalized spacial score (nSPS) is 11.6. The molecule has 0 radical (unpaired) electrons. The molecule has 2 aromatic rings. The van der Waals surface area contributed by atoms with Gasteiger partial charge < -0.3 is 19.5 Å². The second kappa shape index (κ2) is 6.63. The summed E-state index contributed by atoms with van der Waals surface area (Å²) in [4.78, 5) is 14.5. The standard InChI is InChI=1S/C16H22N2O3/c1-3-16(17,4-2)15(19)18(11-13-7-5-9-20-13)12-14-8-6-10-21-14/h5-10H,3-4,11-12,17H2,1-2H3. The Balaban J connectivity index is 2.20. The molecule has 0 bridgehead atoms. The number of nitrogens with zero attached hydrogens (tertiary/aromatic N) is 1. The zero-order valence-corrected chi connectivity index (χ0v) is 12.5. The van der Waals surface area contributed by atoms with Crippen molar-refractivity contribution in [3.05, 3.63) is 48.3 Å². The topological polar surface area (TPSA) is 72.6 Å². The van der Waals surface area contributed by atoms with Crippen LogP contribution in [0.2, 0.25) is 0 Å². The maximum atomic E-state index is 12.8. The lowest BCUT2D eigenvalue weighted by molar-refractivity contribution is -0.139. The fourth-order valence-corrected chi connectivity index (χ4v) is 2.25. The summed E-state index contributed by atoms with van der Waals surface area (Å²) in [6.07, 6.45) is 4.38. The number of furan rings is 2. The van der Waals surface area contributed by atoms with Crippen molar-refractivity contribution in [2.24, 2.45) is 5.73 Å². The van der Waals surface area contributed by atoms with E-state index in [2.05, 4.69) is 0 Å². The van der Waals surface area contributed by atoms with Crippen molar-refractivity contribution < 1.29 is 13.6 Å². The Labute approximate surface area is 124 Å². The van der Waals surface area contributed by atoms with Gasteiger partial charge in [-0.1, -0.05) is 13.8 Å². The highest BCUT2D eigenvalue weighted by atomic mass is 16.3. The van der Waals surface area contributed by atoms with Crippen molar-refractivity contribution in [1.82, 2.24) is 4.90 Å². The van der Waals surface area contributed by atoms with Gasteiger partial charge >= 0.3 is 0 Å². The minimum absolute atomic E-state index is 0.0831. The van der Waals surface area contributed by atoms with E-state index in [0.29, 0.717) is 25.9 Å². The van der Waals surface area contributed by atoms with Crippen molar-refractivity contribution in [2.45, 2.75) is 45.3 Å². The van der Waals surface area contributed by atoms with Crippen LogP contribution < -0.4 is 5.73 Å². The molecule has 0 aliphatic rings. The highest BCUT2D eigenvalue weighted by molar-refractivity contribution is 5.86. The molecule has 0 atom stereocenters. The Hall–Kier alpha value is -2.01. The smallest absolute Gasteiger partial charge is 0.243 e. The van der Waals surface area contributed by atoms with Crippen LogP contribution in [-0.4, -0.2) is 16.3 Å². The molecular weight excluding hydrogens is 268 g/mol. The molecule has 0 spiro atoms. The number of amides is 1. The molecule has 0 fully saturated rings. The van der Waals surface area contributed by atoms with E-state index < -0.39 is 5.54 Å². The minimum atomic E-state index is -0.848. The molecule has 21 heavy (non-hydrogen) atoms. The summed E-state index contributed by atoms with van der Waals surface area (Å²) in [7, 11) is 0. The number of rotatable bonds is 7. The summed E-state index contributed by atoms with van der Waals surface area (Å²) in [5.74, 6) is 1.37. The van der Waals surface area contributed by atoms with Crippen LogP contribution in [0.5, 0.6) is 0 Å². The quantitative estimate of drug-likeness (QED) is 0.851. The number of hydrogen-bond donors (Lipinski definition) is 1. The van der Waals surface area contributed by atoms with Gasteiger partial charge in [-0.25, -0.2) is 0 Å². The Kier molecular flexibility index (Phi) is 4.85. The second-order valence-electron chi connectivity index (χ2n) is 5.18. The average molecular weight is 290 g/mol. The molecule has 114 valence electrons. The highest BCUT2D eigenvalue weighted by Crippen LogP contribution is 2.20. The third-order valence-electron chi connectivity index (χ3n) is 3.83. The highest BCUT2D eigenvalue weighted by Gasteiger charge is 2.34. The summed E-state index contributed by atoms with van der Waals surface area (Å²) in [6.45, 7) is 4.62. The van der Waals surface area contributed by atoms with E-state index in [4.69, 9.17) is 14.6 Å². The molecule has 0 aromatic carbocycles. The van der Waals surface area contributed by atoms with Crippen LogP contribution in [0.3, 0.4) is 0 Å². The molecule has 5 nitrogen and oxygen atoms in total. The molecule has 5 heteroatoms. The molecule has 2 heterocycles. The van der Waals surface area contributed by atoms with E-state index in [1.807, 2.05) is 26.0 Å². The maximum absolute atomic E-state index is 12.8. The van der Waals surface area contributed by atoms with Crippen LogP contribution in [-0.2, 0) is 17.9 Å². The average Bonchev–Trinajstić information content (AvgIpc) is 3.18. The van der Waals surface area contributed by atoms with Crippen molar-refractivity contribution in [1.29, 1.82) is 0 Å². The SMILES string of the molecule is CCC(N)(CC)C(=O)N(Cc1ccco1)Cc1ccco1. The maximum Gasteiger partial charge on any atom is 0.243 e. The Bertz CT molecular complexity index is 506. The monoisotopic (exact) mass is 290 g/mol. The number of nitrogens with two attached hydrogens (primary N) is 1. The predicted octanol–water partition coefficient (Wildman–Crippen LogP) is 2.92. The Morgan fingerprint density at radius 2 is 1.57 bits per heavy atom. The molecule has 2 aromatic heterocycles. The molecule has 1 amide bonds. The minimum Gasteiger partial charge on any atom is -0.467 e. The molecular formula is C16H22N2O3. The third-order valence-corrected chi connectivity index (χ3v) is 3.83. The fourth-order valence-electron chi connectivity index (χ4n) is 2.25. The van der Waals surface area contributed by atoms with Crippen LogP contribution in [0.25, 0.3) is 0 Å². The first-order valence-corrected chi connectivity index (χ1v) is 7.22. The molecule has 0 aliphatic heterocycles. The summed E-state index contributed by atoms with van der Waals surface area (Å²) < 4.78 is 10.7. The van der Waals surface area contributed by atoms with Gasteiger partial charge in [-0.3, -0.25) is 4.79 Å². The summed E-state index contributed by atoms with van der Waals surface area (Å²) in [6, 6.07) is 7.30. The van der Waals surface area contributed by atoms with Crippen molar-refractivity contribution >= 4 is 5.91 Å². The van der Waals surface area contributed by atoms with Gasteiger partial charge in [-0.2, -0.15) is 0 Å². The van der Waals surface area contributed by atoms with Crippen LogP contribution in [0.1, 0.15) is 38.2 Å². The first-order valence-electron chi connectivity index (χ1n) is 7.22. The predicted molar refractivity (Wildman–Crippen MR) is 79.2 cm³/mol. The Morgan fingerprint density at radius 3 is 1.90 bits per heavy atom. The number of hydrogen-bond acceptors (Lipinski definition) is 4. The van der Waals surface area contributed by atoms with E-state index in [9.17, 15) is 4.79 Å². The lowest BCUT2D eigenvalue weighted by Gasteiger charge is -2.32. The van der Waals surface area contributed by atoms with Crippen molar-refractivity contribution in [2.75, 3.05) is 0 Å². The fraction of sp³-hybridized carbons (Fsp3) is 0.438. The molecule has 0 saturated heterocycles. The largest absolute Gasteiger partial charge is 0.467 e. The van der Waals surface area contributed by atoms with Gasteiger partial charge in [0.15, 0.2) is 0 Å². The van der Waals surface area contributed by atoms with Gasteiger partial charge in [0.1, 0.15) is 11.5 Å². The van der Waals surface area contributed by atoms with E-state index in [-0.39, 0.29) is 5.91 Å². The summed E-state index contributed by atoms with van der Waals surface area (Å²) in [5, 5.41) is 0. The van der Waals surface area contributed by atoms with Crippen LogP contribution in [0.4, 0.5) is 0 Å². The molecule has 0 saturated carbocycles. The van der Waals surface area contributed by atoms with Gasteiger partial charge in [-0.15, -0.1) is 0 Å². The van der Waals surface area contributed by atoms with Crippen molar-refractivity contribution in [3.8, 4) is 0 Å². The van der Waals surface area contributed by atoms with Gasteiger partial charge in [0.25, 0.3) is 0 Å².